The van der Waals surface area contributed by atoms with E-state index in [-0.39, 0.29) is 18.1 Å². The molecule has 2 heterocycles. The fraction of sp³-hybridized carbons (Fsp3) is 0.364. The second-order valence-electron chi connectivity index (χ2n) is 7.40. The van der Waals surface area contributed by atoms with Crippen molar-refractivity contribution in [2.24, 2.45) is 0 Å². The lowest BCUT2D eigenvalue weighted by Crippen LogP contribution is -2.48. The molecule has 4 rings (SSSR count). The summed E-state index contributed by atoms with van der Waals surface area (Å²) in [6.45, 7) is 7.41. The fourth-order valence-corrected chi connectivity index (χ4v) is 4.57. The molecule has 0 aliphatic carbocycles. The number of carbonyl (C=O) groups excluding carboxylic acids is 1. The Labute approximate surface area is 169 Å². The summed E-state index contributed by atoms with van der Waals surface area (Å²) in [7, 11) is 0. The number of thioether (sulfide) groups is 1. The SMILES string of the molecule is Cc1ccc(-n2c(SCC(=O)N3C[C@@H](C)O[C@@H](C)C3)nc3ccccc32)cc1. The lowest BCUT2D eigenvalue weighted by molar-refractivity contribution is -0.140. The summed E-state index contributed by atoms with van der Waals surface area (Å²) in [6.07, 6.45) is 0.157. The van der Waals surface area contributed by atoms with Crippen molar-refractivity contribution in [3.05, 3.63) is 54.1 Å². The molecule has 0 bridgehead atoms. The zero-order valence-electron chi connectivity index (χ0n) is 16.5. The molecular formula is C22H25N3O2S. The number of fused-ring (bicyclic) bond motifs is 1. The Hall–Kier alpha value is -2.31. The predicted molar refractivity (Wildman–Crippen MR) is 113 cm³/mol. The van der Waals surface area contributed by atoms with E-state index in [9.17, 15) is 4.79 Å². The molecule has 0 saturated carbocycles. The number of aryl methyl sites for hydroxylation is 1. The second kappa shape index (κ2) is 7.97. The van der Waals surface area contributed by atoms with Gasteiger partial charge in [-0.2, -0.15) is 0 Å². The van der Waals surface area contributed by atoms with Crippen molar-refractivity contribution in [1.29, 1.82) is 0 Å². The smallest absolute Gasteiger partial charge is 0.233 e. The molecule has 0 N–H and O–H groups in total. The van der Waals surface area contributed by atoms with Crippen LogP contribution in [-0.4, -0.2) is 51.4 Å². The fourth-order valence-electron chi connectivity index (χ4n) is 3.64. The van der Waals surface area contributed by atoms with Crippen LogP contribution in [0.15, 0.2) is 53.7 Å². The molecule has 146 valence electrons. The van der Waals surface area contributed by atoms with Crippen LogP contribution < -0.4 is 0 Å². The average molecular weight is 396 g/mol. The van der Waals surface area contributed by atoms with Gasteiger partial charge in [-0.15, -0.1) is 0 Å². The van der Waals surface area contributed by atoms with E-state index in [1.807, 2.05) is 36.9 Å². The molecule has 0 radical (unpaired) electrons. The zero-order valence-corrected chi connectivity index (χ0v) is 17.3. The number of ether oxygens (including phenoxy) is 1. The van der Waals surface area contributed by atoms with Crippen LogP contribution in [0, 0.1) is 6.92 Å². The molecule has 6 heteroatoms. The summed E-state index contributed by atoms with van der Waals surface area (Å²) < 4.78 is 7.87. The van der Waals surface area contributed by atoms with E-state index in [1.54, 1.807) is 0 Å². The van der Waals surface area contributed by atoms with E-state index >= 15 is 0 Å². The van der Waals surface area contributed by atoms with E-state index in [0.717, 1.165) is 21.9 Å². The minimum atomic E-state index is 0.0785. The van der Waals surface area contributed by atoms with Crippen LogP contribution in [0.4, 0.5) is 0 Å². The molecule has 1 aliphatic rings. The molecule has 3 aromatic rings. The molecule has 0 spiro atoms. The van der Waals surface area contributed by atoms with Crippen LogP contribution in [0.25, 0.3) is 16.7 Å². The van der Waals surface area contributed by atoms with Crippen molar-refractivity contribution in [3.63, 3.8) is 0 Å². The maximum atomic E-state index is 12.8. The van der Waals surface area contributed by atoms with Gasteiger partial charge in [0.1, 0.15) is 0 Å². The molecule has 5 nitrogen and oxygen atoms in total. The summed E-state index contributed by atoms with van der Waals surface area (Å²) in [5.74, 6) is 0.503. The average Bonchev–Trinajstić information content (AvgIpc) is 3.04. The first-order valence-electron chi connectivity index (χ1n) is 9.62. The van der Waals surface area contributed by atoms with Gasteiger partial charge in [-0.25, -0.2) is 4.98 Å². The van der Waals surface area contributed by atoms with Gasteiger partial charge in [0.25, 0.3) is 0 Å². The van der Waals surface area contributed by atoms with E-state index in [2.05, 4.69) is 41.8 Å². The van der Waals surface area contributed by atoms with Gasteiger partial charge in [0.05, 0.1) is 29.0 Å². The Morgan fingerprint density at radius 1 is 1.11 bits per heavy atom. The maximum Gasteiger partial charge on any atom is 0.233 e. The number of aromatic nitrogens is 2. The summed E-state index contributed by atoms with van der Waals surface area (Å²) in [5.41, 5.74) is 4.26. The third-order valence-corrected chi connectivity index (χ3v) is 5.84. The number of carbonyl (C=O) groups is 1. The van der Waals surface area contributed by atoms with Gasteiger partial charge >= 0.3 is 0 Å². The van der Waals surface area contributed by atoms with E-state index < -0.39 is 0 Å². The van der Waals surface area contributed by atoms with Crippen molar-refractivity contribution < 1.29 is 9.53 Å². The lowest BCUT2D eigenvalue weighted by Gasteiger charge is -2.35. The highest BCUT2D eigenvalue weighted by molar-refractivity contribution is 7.99. The topological polar surface area (TPSA) is 47.4 Å². The van der Waals surface area contributed by atoms with E-state index in [1.165, 1.54) is 17.3 Å². The Morgan fingerprint density at radius 2 is 1.79 bits per heavy atom. The van der Waals surface area contributed by atoms with Crippen LogP contribution in [0.1, 0.15) is 19.4 Å². The number of benzene rings is 2. The normalized spacial score (nSPS) is 19.9. The number of rotatable bonds is 4. The minimum absolute atomic E-state index is 0.0785. The minimum Gasteiger partial charge on any atom is -0.372 e. The number of morpholine rings is 1. The summed E-state index contributed by atoms with van der Waals surface area (Å²) in [5, 5.41) is 0.841. The molecule has 2 aromatic carbocycles. The molecule has 1 fully saturated rings. The van der Waals surface area contributed by atoms with Crippen molar-refractivity contribution in [2.75, 3.05) is 18.8 Å². The molecule has 28 heavy (non-hydrogen) atoms. The molecule has 1 aliphatic heterocycles. The molecule has 1 saturated heterocycles. The number of imidazole rings is 1. The van der Waals surface area contributed by atoms with Gasteiger partial charge in [-0.1, -0.05) is 41.6 Å². The summed E-state index contributed by atoms with van der Waals surface area (Å²) in [4.78, 5) is 19.5. The first-order valence-corrected chi connectivity index (χ1v) is 10.6. The van der Waals surface area contributed by atoms with Crippen molar-refractivity contribution in [1.82, 2.24) is 14.5 Å². The Balaban J connectivity index is 1.59. The highest BCUT2D eigenvalue weighted by Gasteiger charge is 2.26. The second-order valence-corrected chi connectivity index (χ2v) is 8.34. The molecule has 0 unspecified atom stereocenters. The standard InChI is InChI=1S/C22H25N3O2S/c1-15-8-10-18(11-9-15)25-20-7-5-4-6-19(20)23-22(25)28-14-21(26)24-12-16(2)27-17(3)13-24/h4-11,16-17H,12-14H2,1-3H3/t16-,17+. The Bertz CT molecular complexity index is 973. The first-order chi connectivity index (χ1) is 13.5. The predicted octanol–water partition coefficient (Wildman–Crippen LogP) is 4.06. The highest BCUT2D eigenvalue weighted by atomic mass is 32.2. The largest absolute Gasteiger partial charge is 0.372 e. The number of hydrogen-bond donors (Lipinski definition) is 0. The maximum absolute atomic E-state index is 12.8. The van der Waals surface area contributed by atoms with Crippen LogP contribution in [0.3, 0.4) is 0 Å². The zero-order chi connectivity index (χ0) is 19.7. The molecule has 1 aromatic heterocycles. The summed E-state index contributed by atoms with van der Waals surface area (Å²) >= 11 is 1.50. The van der Waals surface area contributed by atoms with Crippen LogP contribution in [-0.2, 0) is 9.53 Å². The Morgan fingerprint density at radius 3 is 2.50 bits per heavy atom. The third kappa shape index (κ3) is 3.93. The van der Waals surface area contributed by atoms with Crippen LogP contribution >= 0.6 is 11.8 Å². The van der Waals surface area contributed by atoms with Crippen molar-refractivity contribution >= 4 is 28.7 Å². The highest BCUT2D eigenvalue weighted by Crippen LogP contribution is 2.28. The van der Waals surface area contributed by atoms with E-state index in [4.69, 9.17) is 9.72 Å². The van der Waals surface area contributed by atoms with E-state index in [0.29, 0.717) is 18.8 Å². The van der Waals surface area contributed by atoms with Gasteiger partial charge in [0, 0.05) is 18.8 Å². The van der Waals surface area contributed by atoms with Crippen LogP contribution in [0.5, 0.6) is 0 Å². The van der Waals surface area contributed by atoms with Crippen LogP contribution in [0.2, 0.25) is 0 Å². The van der Waals surface area contributed by atoms with Gasteiger partial charge in [0.15, 0.2) is 5.16 Å². The number of amides is 1. The number of para-hydroxylation sites is 2. The molecule has 1 amide bonds. The summed E-state index contributed by atoms with van der Waals surface area (Å²) in [6, 6.07) is 16.5. The molecular weight excluding hydrogens is 370 g/mol. The molecule has 2 atom stereocenters. The lowest BCUT2D eigenvalue weighted by atomic mass is 10.2. The first kappa shape index (κ1) is 19.0. The van der Waals surface area contributed by atoms with Crippen molar-refractivity contribution in [3.8, 4) is 5.69 Å². The third-order valence-electron chi connectivity index (χ3n) is 4.92. The van der Waals surface area contributed by atoms with Gasteiger partial charge in [0.2, 0.25) is 5.91 Å². The van der Waals surface area contributed by atoms with Gasteiger partial charge in [-0.3, -0.25) is 9.36 Å². The van der Waals surface area contributed by atoms with Gasteiger partial charge in [-0.05, 0) is 45.0 Å². The van der Waals surface area contributed by atoms with Gasteiger partial charge < -0.3 is 9.64 Å². The number of hydrogen-bond acceptors (Lipinski definition) is 4. The number of nitrogens with zero attached hydrogens (tertiary/aromatic N) is 3. The van der Waals surface area contributed by atoms with Crippen molar-refractivity contribution in [2.45, 2.75) is 38.1 Å². The monoisotopic (exact) mass is 395 g/mol. The quantitative estimate of drug-likeness (QED) is 0.625. The Kier molecular flexibility index (Phi) is 5.42.